The van der Waals surface area contributed by atoms with E-state index in [2.05, 4.69) is 19.9 Å². The topological polar surface area (TPSA) is 26.3 Å². The van der Waals surface area contributed by atoms with Gasteiger partial charge in [-0.25, -0.2) is 4.79 Å². The second-order valence-corrected chi connectivity index (χ2v) is 5.13. The summed E-state index contributed by atoms with van der Waals surface area (Å²) in [5.74, 6) is -0.102. The molecule has 0 fully saturated rings. The highest BCUT2D eigenvalue weighted by Crippen LogP contribution is 2.10. The van der Waals surface area contributed by atoms with Gasteiger partial charge in [0.15, 0.2) is 0 Å². The van der Waals surface area contributed by atoms with Crippen LogP contribution in [0.1, 0.15) is 85.0 Å². The molecule has 0 saturated carbocycles. The summed E-state index contributed by atoms with van der Waals surface area (Å²) in [4.78, 5) is 11.8. The van der Waals surface area contributed by atoms with E-state index in [0.717, 1.165) is 31.3 Å². The molecule has 0 heterocycles. The molecule has 0 aliphatic carbocycles. The SMILES string of the molecule is CCCCCCC=C(CC)C(=O)OCCCCCC. The van der Waals surface area contributed by atoms with E-state index in [0.29, 0.717) is 6.61 Å². The second-order valence-electron chi connectivity index (χ2n) is 5.13. The van der Waals surface area contributed by atoms with Crippen LogP contribution in [0.5, 0.6) is 0 Å². The molecule has 0 radical (unpaired) electrons. The maximum atomic E-state index is 11.8. The van der Waals surface area contributed by atoms with Crippen LogP contribution >= 0.6 is 0 Å². The van der Waals surface area contributed by atoms with E-state index in [9.17, 15) is 4.79 Å². The minimum atomic E-state index is -0.102. The van der Waals surface area contributed by atoms with Gasteiger partial charge in [0.1, 0.15) is 0 Å². The van der Waals surface area contributed by atoms with E-state index >= 15 is 0 Å². The first-order chi connectivity index (χ1) is 9.26. The van der Waals surface area contributed by atoms with E-state index < -0.39 is 0 Å². The third-order valence-corrected chi connectivity index (χ3v) is 3.32. The summed E-state index contributed by atoms with van der Waals surface area (Å²) < 4.78 is 5.31. The highest BCUT2D eigenvalue weighted by molar-refractivity contribution is 5.88. The number of hydrogen-bond donors (Lipinski definition) is 0. The fraction of sp³-hybridized carbons (Fsp3) is 0.824. The summed E-state index contributed by atoms with van der Waals surface area (Å²) in [5.41, 5.74) is 0.854. The van der Waals surface area contributed by atoms with E-state index in [-0.39, 0.29) is 5.97 Å². The lowest BCUT2D eigenvalue weighted by Gasteiger charge is -2.06. The second kappa shape index (κ2) is 13.6. The lowest BCUT2D eigenvalue weighted by molar-refractivity contribution is -0.139. The Bertz CT molecular complexity index is 244. The first-order valence-corrected chi connectivity index (χ1v) is 8.12. The Morgan fingerprint density at radius 1 is 0.895 bits per heavy atom. The molecule has 0 aromatic heterocycles. The molecule has 0 amide bonds. The van der Waals surface area contributed by atoms with Crippen LogP contribution in [0.4, 0.5) is 0 Å². The van der Waals surface area contributed by atoms with Gasteiger partial charge in [-0.3, -0.25) is 0 Å². The summed E-state index contributed by atoms with van der Waals surface area (Å²) in [6, 6.07) is 0. The molecule has 2 nitrogen and oxygen atoms in total. The number of carbonyl (C=O) groups excluding carboxylic acids is 1. The largest absolute Gasteiger partial charge is 0.462 e. The first-order valence-electron chi connectivity index (χ1n) is 8.12. The standard InChI is InChI=1S/C17H32O2/c1-4-7-9-11-12-14-16(6-3)17(18)19-15-13-10-8-5-2/h14H,4-13,15H2,1-3H3. The minimum absolute atomic E-state index is 0.102. The van der Waals surface area contributed by atoms with Gasteiger partial charge < -0.3 is 4.74 Å². The van der Waals surface area contributed by atoms with Gasteiger partial charge in [0.2, 0.25) is 0 Å². The van der Waals surface area contributed by atoms with Crippen LogP contribution in [0.3, 0.4) is 0 Å². The monoisotopic (exact) mass is 268 g/mol. The zero-order valence-electron chi connectivity index (χ0n) is 13.2. The Labute approximate surface area is 119 Å². The van der Waals surface area contributed by atoms with Gasteiger partial charge in [-0.2, -0.15) is 0 Å². The van der Waals surface area contributed by atoms with Gasteiger partial charge in [-0.1, -0.05) is 65.4 Å². The average Bonchev–Trinajstić information content (AvgIpc) is 2.42. The van der Waals surface area contributed by atoms with Crippen molar-refractivity contribution in [3.63, 3.8) is 0 Å². The Balaban J connectivity index is 3.79. The van der Waals surface area contributed by atoms with Crippen molar-refractivity contribution in [1.82, 2.24) is 0 Å². The van der Waals surface area contributed by atoms with Gasteiger partial charge in [0, 0.05) is 5.57 Å². The van der Waals surface area contributed by atoms with Crippen LogP contribution in [0.25, 0.3) is 0 Å². The van der Waals surface area contributed by atoms with Crippen molar-refractivity contribution in [2.45, 2.75) is 85.0 Å². The first kappa shape index (κ1) is 18.2. The summed E-state index contributed by atoms with van der Waals surface area (Å²) in [5, 5.41) is 0. The Hall–Kier alpha value is -0.790. The molecule has 19 heavy (non-hydrogen) atoms. The Morgan fingerprint density at radius 3 is 2.11 bits per heavy atom. The van der Waals surface area contributed by atoms with Crippen LogP contribution in [0, 0.1) is 0 Å². The van der Waals surface area contributed by atoms with Crippen LogP contribution in [0.15, 0.2) is 11.6 Å². The number of allylic oxidation sites excluding steroid dienone is 1. The molecule has 0 aliphatic rings. The van der Waals surface area contributed by atoms with E-state index in [1.54, 1.807) is 0 Å². The van der Waals surface area contributed by atoms with Crippen molar-refractivity contribution in [2.75, 3.05) is 6.61 Å². The lowest BCUT2D eigenvalue weighted by Crippen LogP contribution is -2.08. The number of hydrogen-bond acceptors (Lipinski definition) is 2. The quantitative estimate of drug-likeness (QED) is 0.268. The van der Waals surface area contributed by atoms with Crippen molar-refractivity contribution in [3.8, 4) is 0 Å². The zero-order chi connectivity index (χ0) is 14.3. The molecular formula is C17H32O2. The van der Waals surface area contributed by atoms with Crippen molar-refractivity contribution >= 4 is 5.97 Å². The molecule has 0 saturated heterocycles. The molecule has 112 valence electrons. The van der Waals surface area contributed by atoms with Crippen LogP contribution in [-0.4, -0.2) is 12.6 Å². The summed E-state index contributed by atoms with van der Waals surface area (Å²) in [7, 11) is 0. The summed E-state index contributed by atoms with van der Waals surface area (Å²) in [6.07, 6.45) is 13.4. The molecule has 0 aromatic rings. The number of esters is 1. The highest BCUT2D eigenvalue weighted by atomic mass is 16.5. The third kappa shape index (κ3) is 10.8. The van der Waals surface area contributed by atoms with Gasteiger partial charge in [-0.15, -0.1) is 0 Å². The fourth-order valence-electron chi connectivity index (χ4n) is 2.01. The highest BCUT2D eigenvalue weighted by Gasteiger charge is 2.07. The average molecular weight is 268 g/mol. The zero-order valence-corrected chi connectivity index (χ0v) is 13.2. The molecule has 2 heteroatoms. The third-order valence-electron chi connectivity index (χ3n) is 3.32. The predicted octanol–water partition coefficient (Wildman–Crippen LogP) is 5.42. The molecular weight excluding hydrogens is 236 g/mol. The molecule has 0 atom stereocenters. The predicted molar refractivity (Wildman–Crippen MR) is 82.2 cm³/mol. The van der Waals surface area contributed by atoms with Gasteiger partial charge in [-0.05, 0) is 25.7 Å². The molecule has 0 aliphatic heterocycles. The van der Waals surface area contributed by atoms with Crippen molar-refractivity contribution < 1.29 is 9.53 Å². The Kier molecular flexibility index (Phi) is 13.1. The van der Waals surface area contributed by atoms with Gasteiger partial charge >= 0.3 is 5.97 Å². The number of rotatable bonds is 12. The number of unbranched alkanes of at least 4 members (excludes halogenated alkanes) is 7. The molecule has 0 aromatic carbocycles. The summed E-state index contributed by atoms with van der Waals surface area (Å²) in [6.45, 7) is 6.99. The van der Waals surface area contributed by atoms with Gasteiger partial charge in [0.25, 0.3) is 0 Å². The van der Waals surface area contributed by atoms with Crippen LogP contribution < -0.4 is 0 Å². The van der Waals surface area contributed by atoms with Crippen molar-refractivity contribution in [3.05, 3.63) is 11.6 Å². The molecule has 0 spiro atoms. The molecule has 0 unspecified atom stereocenters. The maximum absolute atomic E-state index is 11.8. The maximum Gasteiger partial charge on any atom is 0.333 e. The van der Waals surface area contributed by atoms with Crippen molar-refractivity contribution in [1.29, 1.82) is 0 Å². The number of ether oxygens (including phenoxy) is 1. The fourth-order valence-corrected chi connectivity index (χ4v) is 2.01. The van der Waals surface area contributed by atoms with Crippen molar-refractivity contribution in [2.24, 2.45) is 0 Å². The normalized spacial score (nSPS) is 11.6. The minimum Gasteiger partial charge on any atom is -0.462 e. The van der Waals surface area contributed by atoms with Crippen LogP contribution in [0.2, 0.25) is 0 Å². The Morgan fingerprint density at radius 2 is 1.53 bits per heavy atom. The molecule has 0 rings (SSSR count). The van der Waals surface area contributed by atoms with E-state index in [4.69, 9.17) is 4.74 Å². The lowest BCUT2D eigenvalue weighted by atomic mass is 10.1. The molecule has 0 bridgehead atoms. The van der Waals surface area contributed by atoms with Crippen LogP contribution in [-0.2, 0) is 9.53 Å². The van der Waals surface area contributed by atoms with E-state index in [1.165, 1.54) is 38.5 Å². The van der Waals surface area contributed by atoms with Gasteiger partial charge in [0.05, 0.1) is 6.61 Å². The molecule has 0 N–H and O–H groups in total. The number of carbonyl (C=O) groups is 1. The smallest absolute Gasteiger partial charge is 0.333 e. The summed E-state index contributed by atoms with van der Waals surface area (Å²) >= 11 is 0. The van der Waals surface area contributed by atoms with E-state index in [1.807, 2.05) is 6.92 Å².